The summed E-state index contributed by atoms with van der Waals surface area (Å²) in [5.74, 6) is -2.73. The third-order valence-electron chi connectivity index (χ3n) is 3.57. The predicted octanol–water partition coefficient (Wildman–Crippen LogP) is 1.51. The van der Waals surface area contributed by atoms with Gasteiger partial charge in [0.1, 0.15) is 5.92 Å². The maximum absolute atomic E-state index is 12.5. The Balaban J connectivity index is 2.50. The van der Waals surface area contributed by atoms with Crippen LogP contribution < -0.4 is 5.73 Å². The first-order chi connectivity index (χ1) is 10.5. The van der Waals surface area contributed by atoms with Crippen molar-refractivity contribution in [3.8, 4) is 12.1 Å². The van der Waals surface area contributed by atoms with E-state index in [4.69, 9.17) is 18.0 Å². The molecule has 22 heavy (non-hydrogen) atoms. The summed E-state index contributed by atoms with van der Waals surface area (Å²) in [5, 5.41) is 23.4. The zero-order valence-electron chi connectivity index (χ0n) is 11.8. The van der Waals surface area contributed by atoms with Crippen molar-refractivity contribution in [1.29, 1.82) is 10.5 Å². The topological polar surface area (TPSA) is 106 Å². The Morgan fingerprint density at radius 3 is 2.41 bits per heavy atom. The molecule has 0 bridgehead atoms. The number of nitrogens with zero attached hydrogens (tertiary/aromatic N) is 4. The second kappa shape index (κ2) is 6.33. The SMILES string of the molecule is CC1=NN(C(N)=S)C(=O)[C@@H]1[C@H](c1ccccc1)C(C#N)C#N. The van der Waals surface area contributed by atoms with Gasteiger partial charge in [0.05, 0.1) is 18.1 Å². The number of nitriles is 2. The summed E-state index contributed by atoms with van der Waals surface area (Å²) in [6.45, 7) is 1.67. The van der Waals surface area contributed by atoms with Crippen LogP contribution >= 0.6 is 12.2 Å². The molecule has 0 aliphatic carbocycles. The molecule has 0 aromatic heterocycles. The molecule has 110 valence electrons. The minimum Gasteiger partial charge on any atom is -0.374 e. The quantitative estimate of drug-likeness (QED) is 0.852. The number of carbonyl (C=O) groups excluding carboxylic acids is 1. The van der Waals surface area contributed by atoms with Gasteiger partial charge in [-0.2, -0.15) is 20.6 Å². The van der Waals surface area contributed by atoms with Gasteiger partial charge in [0.2, 0.25) is 0 Å². The third-order valence-corrected chi connectivity index (χ3v) is 3.75. The van der Waals surface area contributed by atoms with Gasteiger partial charge in [0.15, 0.2) is 5.11 Å². The first-order valence-electron chi connectivity index (χ1n) is 6.54. The predicted molar refractivity (Wildman–Crippen MR) is 84.1 cm³/mol. The van der Waals surface area contributed by atoms with Crippen LogP contribution in [0.25, 0.3) is 0 Å². The van der Waals surface area contributed by atoms with Gasteiger partial charge in [-0.3, -0.25) is 4.79 Å². The number of amides is 1. The average Bonchev–Trinajstić information content (AvgIpc) is 2.81. The first-order valence-corrected chi connectivity index (χ1v) is 6.94. The summed E-state index contributed by atoms with van der Waals surface area (Å²) in [6, 6.07) is 12.9. The molecule has 1 heterocycles. The van der Waals surface area contributed by atoms with Crippen molar-refractivity contribution in [1.82, 2.24) is 5.01 Å². The number of hydrogen-bond acceptors (Lipinski definition) is 5. The lowest BCUT2D eigenvalue weighted by Crippen LogP contribution is -2.39. The van der Waals surface area contributed by atoms with Gasteiger partial charge in [-0.05, 0) is 24.7 Å². The van der Waals surface area contributed by atoms with Crippen molar-refractivity contribution in [3.05, 3.63) is 35.9 Å². The highest BCUT2D eigenvalue weighted by Gasteiger charge is 2.44. The molecule has 7 heteroatoms. The maximum atomic E-state index is 12.5. The second-order valence-corrected chi connectivity index (χ2v) is 5.30. The van der Waals surface area contributed by atoms with Crippen molar-refractivity contribution >= 4 is 28.9 Å². The molecule has 1 aromatic rings. The van der Waals surface area contributed by atoms with Crippen molar-refractivity contribution < 1.29 is 4.79 Å². The fourth-order valence-corrected chi connectivity index (χ4v) is 2.72. The molecule has 1 aliphatic rings. The van der Waals surface area contributed by atoms with Crippen LogP contribution in [0.4, 0.5) is 0 Å². The first kappa shape index (κ1) is 15.6. The third kappa shape index (κ3) is 2.67. The number of carbonyl (C=O) groups is 1. The Hall–Kier alpha value is -2.77. The van der Waals surface area contributed by atoms with Crippen LogP contribution in [0.3, 0.4) is 0 Å². The van der Waals surface area contributed by atoms with Gasteiger partial charge in [-0.25, -0.2) is 0 Å². The van der Waals surface area contributed by atoms with E-state index in [0.29, 0.717) is 5.71 Å². The number of hydrogen-bond donors (Lipinski definition) is 1. The average molecular weight is 311 g/mol. The molecule has 2 rings (SSSR count). The molecule has 0 saturated carbocycles. The number of nitrogens with two attached hydrogens (primary N) is 1. The van der Waals surface area contributed by atoms with Crippen LogP contribution in [0.1, 0.15) is 18.4 Å². The Bertz CT molecular complexity index is 702. The highest BCUT2D eigenvalue weighted by atomic mass is 32.1. The van der Waals surface area contributed by atoms with Crippen molar-refractivity contribution in [2.75, 3.05) is 0 Å². The van der Waals surface area contributed by atoms with E-state index in [1.54, 1.807) is 31.2 Å². The van der Waals surface area contributed by atoms with Gasteiger partial charge in [0.25, 0.3) is 5.91 Å². The minimum atomic E-state index is -0.979. The molecule has 2 atom stereocenters. The largest absolute Gasteiger partial charge is 0.374 e. The monoisotopic (exact) mass is 311 g/mol. The Morgan fingerprint density at radius 2 is 1.95 bits per heavy atom. The molecule has 1 amide bonds. The molecular weight excluding hydrogens is 298 g/mol. The molecular formula is C15H13N5OS. The molecule has 1 aliphatic heterocycles. The van der Waals surface area contributed by atoms with Crippen LogP contribution in [-0.4, -0.2) is 21.7 Å². The number of thiocarbonyl (C=S) groups is 1. The van der Waals surface area contributed by atoms with E-state index in [9.17, 15) is 15.3 Å². The fraction of sp³-hybridized carbons (Fsp3) is 0.267. The maximum Gasteiger partial charge on any atom is 0.259 e. The zero-order chi connectivity index (χ0) is 16.3. The summed E-state index contributed by atoms with van der Waals surface area (Å²) in [7, 11) is 0. The van der Waals surface area contributed by atoms with Gasteiger partial charge in [0, 0.05) is 11.6 Å². The van der Waals surface area contributed by atoms with Gasteiger partial charge >= 0.3 is 0 Å². The van der Waals surface area contributed by atoms with E-state index < -0.39 is 23.7 Å². The Labute approximate surface area is 133 Å². The highest BCUT2D eigenvalue weighted by Crippen LogP contribution is 2.36. The normalized spacial score (nSPS) is 18.5. The van der Waals surface area contributed by atoms with Crippen LogP contribution in [0.5, 0.6) is 0 Å². The van der Waals surface area contributed by atoms with E-state index in [0.717, 1.165) is 10.6 Å². The summed E-state index contributed by atoms with van der Waals surface area (Å²) < 4.78 is 0. The molecule has 0 saturated heterocycles. The van der Waals surface area contributed by atoms with Crippen LogP contribution in [0, 0.1) is 34.5 Å². The van der Waals surface area contributed by atoms with Crippen LogP contribution in [0.15, 0.2) is 35.4 Å². The lowest BCUT2D eigenvalue weighted by molar-refractivity contribution is -0.128. The van der Waals surface area contributed by atoms with Gasteiger partial charge < -0.3 is 5.73 Å². The van der Waals surface area contributed by atoms with Crippen LogP contribution in [-0.2, 0) is 4.79 Å². The van der Waals surface area contributed by atoms with E-state index in [-0.39, 0.29) is 5.11 Å². The Kier molecular flexibility index (Phi) is 4.50. The fourth-order valence-electron chi connectivity index (χ4n) is 2.59. The molecule has 0 radical (unpaired) electrons. The zero-order valence-corrected chi connectivity index (χ0v) is 12.6. The van der Waals surface area contributed by atoms with E-state index in [2.05, 4.69) is 5.10 Å². The Morgan fingerprint density at radius 1 is 1.36 bits per heavy atom. The summed E-state index contributed by atoms with van der Waals surface area (Å²) in [5.41, 5.74) is 6.71. The van der Waals surface area contributed by atoms with Crippen molar-refractivity contribution in [2.24, 2.45) is 22.7 Å². The molecule has 0 spiro atoms. The molecule has 0 fully saturated rings. The van der Waals surface area contributed by atoms with E-state index in [1.165, 1.54) is 0 Å². The lowest BCUT2D eigenvalue weighted by atomic mass is 9.76. The summed E-state index contributed by atoms with van der Waals surface area (Å²) in [6.07, 6.45) is 0. The number of hydrazone groups is 1. The smallest absolute Gasteiger partial charge is 0.259 e. The van der Waals surface area contributed by atoms with Gasteiger partial charge in [-0.15, -0.1) is 0 Å². The minimum absolute atomic E-state index is 0.149. The van der Waals surface area contributed by atoms with Crippen LogP contribution in [0.2, 0.25) is 0 Å². The van der Waals surface area contributed by atoms with E-state index in [1.807, 2.05) is 18.2 Å². The van der Waals surface area contributed by atoms with Crippen molar-refractivity contribution in [2.45, 2.75) is 12.8 Å². The molecule has 1 aromatic carbocycles. The lowest BCUT2D eigenvalue weighted by Gasteiger charge is -2.24. The standard InChI is InChI=1S/C15H13N5OS/c1-9-12(14(21)20(19-9)15(18)22)13(11(7-16)8-17)10-5-3-2-4-6-10/h2-6,11-13H,1H3,(H2,18,22)/t12-,13+/m0/s1. The highest BCUT2D eigenvalue weighted by molar-refractivity contribution is 7.80. The number of rotatable bonds is 3. The second-order valence-electron chi connectivity index (χ2n) is 4.88. The molecule has 0 unspecified atom stereocenters. The van der Waals surface area contributed by atoms with Crippen molar-refractivity contribution in [3.63, 3.8) is 0 Å². The molecule has 6 nitrogen and oxygen atoms in total. The van der Waals surface area contributed by atoms with E-state index >= 15 is 0 Å². The molecule has 2 N–H and O–H groups in total. The summed E-state index contributed by atoms with van der Waals surface area (Å²) in [4.78, 5) is 12.5. The van der Waals surface area contributed by atoms with Gasteiger partial charge in [-0.1, -0.05) is 30.3 Å². The summed E-state index contributed by atoms with van der Waals surface area (Å²) >= 11 is 4.81. The number of benzene rings is 1.